The van der Waals surface area contributed by atoms with Crippen LogP contribution in [-0.2, 0) is 22.4 Å². The van der Waals surface area contributed by atoms with Gasteiger partial charge in [0, 0.05) is 37.8 Å². The van der Waals surface area contributed by atoms with E-state index >= 15 is 0 Å². The van der Waals surface area contributed by atoms with Crippen LogP contribution in [0.2, 0.25) is 0 Å². The maximum atomic E-state index is 12.8. The number of likely N-dealkylation sites (tertiary alicyclic amines) is 1. The first-order valence-corrected chi connectivity index (χ1v) is 11.9. The largest absolute Gasteiger partial charge is 0.507 e. The molecule has 1 atom stereocenters. The average Bonchev–Trinajstić information content (AvgIpc) is 3.00. The zero-order chi connectivity index (χ0) is 25.1. The highest BCUT2D eigenvalue weighted by Crippen LogP contribution is 2.26. The second-order valence-corrected chi connectivity index (χ2v) is 9.24. The number of amides is 3. The molecule has 1 fully saturated rings. The van der Waals surface area contributed by atoms with E-state index in [1.54, 1.807) is 26.0 Å². The van der Waals surface area contributed by atoms with Gasteiger partial charge in [-0.15, -0.1) is 0 Å². The first kappa shape index (κ1) is 24.4. The van der Waals surface area contributed by atoms with Crippen molar-refractivity contribution < 1.29 is 29.3 Å². The molecular formula is C26H31N3O6. The van der Waals surface area contributed by atoms with Gasteiger partial charge < -0.3 is 30.1 Å². The Hall–Kier alpha value is -3.75. The molecule has 0 aliphatic carbocycles. The van der Waals surface area contributed by atoms with Gasteiger partial charge in [-0.25, -0.2) is 14.4 Å². The summed E-state index contributed by atoms with van der Waals surface area (Å²) in [5, 5.41) is 22.5. The van der Waals surface area contributed by atoms with E-state index in [2.05, 4.69) is 5.32 Å². The van der Waals surface area contributed by atoms with Crippen molar-refractivity contribution >= 4 is 23.8 Å². The number of hydrogen-bond acceptors (Lipinski definition) is 5. The molecule has 1 unspecified atom stereocenters. The average molecular weight is 482 g/mol. The van der Waals surface area contributed by atoms with Gasteiger partial charge in [0.2, 0.25) is 6.10 Å². The van der Waals surface area contributed by atoms with E-state index in [0.29, 0.717) is 49.2 Å². The summed E-state index contributed by atoms with van der Waals surface area (Å²) in [6.07, 6.45) is -0.0593. The molecule has 0 spiro atoms. The molecule has 1 saturated heterocycles. The number of carbonyl (C=O) groups excluding carboxylic acids is 2. The third-order valence-corrected chi connectivity index (χ3v) is 6.80. The van der Waals surface area contributed by atoms with E-state index in [1.165, 1.54) is 4.90 Å². The summed E-state index contributed by atoms with van der Waals surface area (Å²) in [6.45, 7) is 4.83. The number of anilines is 1. The van der Waals surface area contributed by atoms with E-state index in [0.717, 1.165) is 17.7 Å². The number of phenols is 1. The molecule has 2 aliphatic heterocycles. The highest BCUT2D eigenvalue weighted by atomic mass is 16.6. The summed E-state index contributed by atoms with van der Waals surface area (Å²) in [6, 6.07) is 11.0. The van der Waals surface area contributed by atoms with Crippen molar-refractivity contribution in [3.05, 3.63) is 58.7 Å². The maximum Gasteiger partial charge on any atom is 0.410 e. The molecule has 35 heavy (non-hydrogen) atoms. The number of aliphatic carboxylic acids is 1. The minimum atomic E-state index is -1.33. The Kier molecular flexibility index (Phi) is 7.14. The fourth-order valence-electron chi connectivity index (χ4n) is 4.85. The minimum Gasteiger partial charge on any atom is -0.507 e. The predicted octanol–water partition coefficient (Wildman–Crippen LogP) is 3.70. The summed E-state index contributed by atoms with van der Waals surface area (Å²) in [5.74, 6) is -1.06. The quantitative estimate of drug-likeness (QED) is 0.599. The number of rotatable bonds is 5. The summed E-state index contributed by atoms with van der Waals surface area (Å²) in [5.41, 5.74) is 3.88. The second kappa shape index (κ2) is 10.2. The zero-order valence-electron chi connectivity index (χ0n) is 20.0. The van der Waals surface area contributed by atoms with Gasteiger partial charge in [-0.3, -0.25) is 0 Å². The Balaban J connectivity index is 1.33. The van der Waals surface area contributed by atoms with Gasteiger partial charge in [-0.05, 0) is 61.4 Å². The fraction of sp³-hybridized carbons (Fsp3) is 0.423. The summed E-state index contributed by atoms with van der Waals surface area (Å²) >= 11 is 0. The van der Waals surface area contributed by atoms with Crippen LogP contribution < -0.4 is 5.32 Å². The summed E-state index contributed by atoms with van der Waals surface area (Å²) < 4.78 is 5.36. The molecule has 0 saturated carbocycles. The van der Waals surface area contributed by atoms with Crippen LogP contribution in [0, 0.1) is 13.8 Å². The summed E-state index contributed by atoms with van der Waals surface area (Å²) in [4.78, 5) is 40.7. The topological polar surface area (TPSA) is 119 Å². The normalized spacial score (nSPS) is 17.3. The molecule has 0 aromatic heterocycles. The third-order valence-electron chi connectivity index (χ3n) is 6.80. The Morgan fingerprint density at radius 3 is 2.43 bits per heavy atom. The number of benzene rings is 2. The van der Waals surface area contributed by atoms with Gasteiger partial charge in [0.1, 0.15) is 5.75 Å². The molecule has 9 nitrogen and oxygen atoms in total. The number of nitrogens with one attached hydrogen (secondary N) is 1. The number of fused-ring (bicyclic) bond motifs is 1. The number of ether oxygens (including phenoxy) is 1. The van der Waals surface area contributed by atoms with E-state index in [9.17, 15) is 24.6 Å². The molecule has 3 N–H and O–H groups in total. The molecule has 2 heterocycles. The molecule has 9 heteroatoms. The van der Waals surface area contributed by atoms with E-state index in [-0.39, 0.29) is 24.2 Å². The zero-order valence-corrected chi connectivity index (χ0v) is 20.0. The van der Waals surface area contributed by atoms with E-state index in [4.69, 9.17) is 4.74 Å². The summed E-state index contributed by atoms with van der Waals surface area (Å²) in [7, 11) is 0. The first-order valence-electron chi connectivity index (χ1n) is 11.9. The van der Waals surface area contributed by atoms with Crippen molar-refractivity contribution in [1.82, 2.24) is 9.80 Å². The van der Waals surface area contributed by atoms with Crippen molar-refractivity contribution in [2.75, 3.05) is 25.0 Å². The van der Waals surface area contributed by atoms with E-state index in [1.807, 2.05) is 29.2 Å². The van der Waals surface area contributed by atoms with Crippen LogP contribution in [-0.4, -0.2) is 69.9 Å². The van der Waals surface area contributed by atoms with Crippen LogP contribution in [0.4, 0.5) is 15.3 Å². The van der Waals surface area contributed by atoms with Gasteiger partial charge >= 0.3 is 18.1 Å². The number of nitrogens with zero attached hydrogens (tertiary/aromatic N) is 2. The Labute approximate surface area is 204 Å². The molecule has 0 bridgehead atoms. The lowest BCUT2D eigenvalue weighted by Gasteiger charge is -2.37. The van der Waals surface area contributed by atoms with Crippen LogP contribution in [0.3, 0.4) is 0 Å². The predicted molar refractivity (Wildman–Crippen MR) is 130 cm³/mol. The smallest absolute Gasteiger partial charge is 0.410 e. The Bertz CT molecular complexity index is 1100. The molecule has 3 amide bonds. The van der Waals surface area contributed by atoms with Crippen molar-refractivity contribution in [3.63, 3.8) is 0 Å². The van der Waals surface area contributed by atoms with Gasteiger partial charge in [0.25, 0.3) is 0 Å². The maximum absolute atomic E-state index is 12.8. The lowest BCUT2D eigenvalue weighted by molar-refractivity contribution is -0.147. The van der Waals surface area contributed by atoms with Gasteiger partial charge in [0.05, 0.1) is 0 Å². The van der Waals surface area contributed by atoms with Gasteiger partial charge in [-0.1, -0.05) is 30.3 Å². The van der Waals surface area contributed by atoms with Crippen LogP contribution >= 0.6 is 0 Å². The molecule has 4 rings (SSSR count). The number of phenolic OH excluding ortho intramolecular Hbond substituents is 1. The number of para-hydroxylation sites is 1. The highest BCUT2D eigenvalue weighted by Gasteiger charge is 2.33. The van der Waals surface area contributed by atoms with Crippen molar-refractivity contribution in [2.24, 2.45) is 0 Å². The molecule has 2 aromatic rings. The molecule has 2 aliphatic rings. The van der Waals surface area contributed by atoms with Crippen molar-refractivity contribution in [3.8, 4) is 5.75 Å². The molecular weight excluding hydrogens is 450 g/mol. The van der Waals surface area contributed by atoms with Crippen LogP contribution in [0.25, 0.3) is 0 Å². The number of hydrogen-bond donors (Lipinski definition) is 3. The lowest BCUT2D eigenvalue weighted by Crippen LogP contribution is -2.50. The van der Waals surface area contributed by atoms with Crippen LogP contribution in [0.5, 0.6) is 5.75 Å². The SMILES string of the molecule is Cc1cc(CC(OC(=O)N2CCC(N3CCc4ccccc4NC3=O)CC2)C(=O)O)cc(C)c1O. The number of carboxylic acid groups (broad SMARTS) is 1. The van der Waals surface area contributed by atoms with Gasteiger partial charge in [0.15, 0.2) is 0 Å². The lowest BCUT2D eigenvalue weighted by atomic mass is 10.0. The molecule has 2 aromatic carbocycles. The number of carbonyl (C=O) groups is 3. The number of piperidine rings is 1. The Morgan fingerprint density at radius 1 is 1.11 bits per heavy atom. The third kappa shape index (κ3) is 5.50. The first-order chi connectivity index (χ1) is 16.7. The second-order valence-electron chi connectivity index (χ2n) is 9.24. The monoisotopic (exact) mass is 481 g/mol. The number of carboxylic acids is 1. The minimum absolute atomic E-state index is 0.00780. The van der Waals surface area contributed by atoms with Gasteiger partial charge in [-0.2, -0.15) is 0 Å². The molecule has 0 radical (unpaired) electrons. The van der Waals surface area contributed by atoms with Crippen LogP contribution in [0.15, 0.2) is 36.4 Å². The van der Waals surface area contributed by atoms with Crippen molar-refractivity contribution in [2.45, 2.75) is 51.7 Å². The number of aromatic hydroxyl groups is 1. The molecule has 186 valence electrons. The number of urea groups is 1. The Morgan fingerprint density at radius 2 is 1.77 bits per heavy atom. The standard InChI is InChI=1S/C26H31N3O6/c1-16-13-18(14-17(2)23(16)30)15-22(24(31)32)35-26(34)28-10-8-20(9-11-28)29-12-7-19-5-3-4-6-21(19)27-25(29)33/h3-6,13-14,20,22,30H,7-12,15H2,1-2H3,(H,27,33)(H,31,32). The van der Waals surface area contributed by atoms with Crippen molar-refractivity contribution in [1.29, 1.82) is 0 Å². The van der Waals surface area contributed by atoms with E-state index < -0.39 is 18.2 Å². The van der Waals surface area contributed by atoms with Crippen LogP contribution in [0.1, 0.15) is 35.1 Å². The highest BCUT2D eigenvalue weighted by molar-refractivity contribution is 5.91. The number of aryl methyl sites for hydroxylation is 2. The fourth-order valence-corrected chi connectivity index (χ4v) is 4.85.